The van der Waals surface area contributed by atoms with Gasteiger partial charge in [0.05, 0.1) is 0 Å². The third-order valence-corrected chi connectivity index (χ3v) is 4.70. The lowest BCUT2D eigenvalue weighted by Gasteiger charge is -2.35. The quantitative estimate of drug-likeness (QED) is 0.821. The van der Waals surface area contributed by atoms with Gasteiger partial charge in [0.25, 0.3) is 0 Å². The normalized spacial score (nSPS) is 34.1. The number of nitrogens with two attached hydrogens (primary N) is 1. The van der Waals surface area contributed by atoms with Crippen molar-refractivity contribution in [2.75, 3.05) is 6.54 Å². The summed E-state index contributed by atoms with van der Waals surface area (Å²) in [5.74, 6) is 0.611. The molecule has 0 radical (unpaired) electrons. The van der Waals surface area contributed by atoms with Crippen LogP contribution in [-0.2, 0) is 4.79 Å². The summed E-state index contributed by atoms with van der Waals surface area (Å²) in [6, 6.07) is 0.734. The molecule has 1 aliphatic heterocycles. The van der Waals surface area contributed by atoms with Crippen molar-refractivity contribution in [3.8, 4) is 0 Å². The molecule has 1 aliphatic carbocycles. The van der Waals surface area contributed by atoms with E-state index in [9.17, 15) is 4.79 Å². The van der Waals surface area contributed by atoms with E-state index < -0.39 is 0 Å². The molecule has 3 nitrogen and oxygen atoms in total. The highest BCUT2D eigenvalue weighted by Crippen LogP contribution is 2.28. The number of nitrogens with zero attached hydrogens (tertiary/aromatic N) is 1. The Kier molecular flexibility index (Phi) is 5.04. The zero-order valence-electron chi connectivity index (χ0n) is 11.7. The predicted octanol–water partition coefficient (Wildman–Crippen LogP) is 2.69. The second-order valence-electron chi connectivity index (χ2n) is 6.07. The molecule has 0 bridgehead atoms. The molecule has 2 N–H and O–H groups in total. The van der Waals surface area contributed by atoms with Crippen LogP contribution in [0.5, 0.6) is 0 Å². The van der Waals surface area contributed by atoms with Crippen LogP contribution in [0.25, 0.3) is 0 Å². The fourth-order valence-electron chi connectivity index (χ4n) is 3.58. The lowest BCUT2D eigenvalue weighted by Crippen LogP contribution is -2.45. The molecule has 3 atom stereocenters. The first-order chi connectivity index (χ1) is 8.72. The summed E-state index contributed by atoms with van der Waals surface area (Å²) < 4.78 is 0. The Bertz CT molecular complexity index is 280. The molecule has 18 heavy (non-hydrogen) atoms. The second-order valence-corrected chi connectivity index (χ2v) is 6.07. The molecule has 2 fully saturated rings. The first-order valence-corrected chi connectivity index (χ1v) is 7.78. The number of carbonyl (C=O) groups excluding carboxylic acids is 1. The number of amides is 1. The van der Waals surface area contributed by atoms with E-state index in [1.807, 2.05) is 0 Å². The van der Waals surface area contributed by atoms with E-state index >= 15 is 0 Å². The zero-order valence-corrected chi connectivity index (χ0v) is 11.7. The van der Waals surface area contributed by atoms with Crippen LogP contribution in [0.2, 0.25) is 0 Å². The number of carbonyl (C=O) groups is 1. The van der Waals surface area contributed by atoms with Gasteiger partial charge in [-0.15, -0.1) is 0 Å². The highest BCUT2D eigenvalue weighted by atomic mass is 16.2. The summed E-state index contributed by atoms with van der Waals surface area (Å²) in [6.45, 7) is 3.19. The summed E-state index contributed by atoms with van der Waals surface area (Å²) in [6.07, 6.45) is 10.2. The maximum Gasteiger partial charge on any atom is 0.225 e. The van der Waals surface area contributed by atoms with Crippen LogP contribution < -0.4 is 5.73 Å². The van der Waals surface area contributed by atoms with Gasteiger partial charge in [-0.2, -0.15) is 0 Å². The minimum absolute atomic E-state index is 0.209. The van der Waals surface area contributed by atoms with E-state index in [0.29, 0.717) is 11.9 Å². The molecule has 3 heteroatoms. The first-order valence-electron chi connectivity index (χ1n) is 7.78. The van der Waals surface area contributed by atoms with Gasteiger partial charge < -0.3 is 10.6 Å². The third-order valence-electron chi connectivity index (χ3n) is 4.70. The van der Waals surface area contributed by atoms with Gasteiger partial charge in [-0.1, -0.05) is 26.2 Å². The number of hydrogen-bond acceptors (Lipinski definition) is 2. The van der Waals surface area contributed by atoms with Crippen LogP contribution in [0.4, 0.5) is 0 Å². The maximum absolute atomic E-state index is 12.7. The maximum atomic E-state index is 12.7. The Morgan fingerprint density at radius 1 is 1.17 bits per heavy atom. The third kappa shape index (κ3) is 3.25. The average molecular weight is 252 g/mol. The molecule has 1 heterocycles. The van der Waals surface area contributed by atoms with Crippen LogP contribution in [-0.4, -0.2) is 29.4 Å². The monoisotopic (exact) mass is 252 g/mol. The molecule has 0 aromatic carbocycles. The van der Waals surface area contributed by atoms with E-state index in [2.05, 4.69) is 11.8 Å². The van der Waals surface area contributed by atoms with E-state index in [-0.39, 0.29) is 12.0 Å². The van der Waals surface area contributed by atoms with Crippen molar-refractivity contribution in [2.45, 2.75) is 76.8 Å². The fraction of sp³-hybridized carbons (Fsp3) is 0.933. The predicted molar refractivity (Wildman–Crippen MR) is 74.2 cm³/mol. The lowest BCUT2D eigenvalue weighted by molar-refractivity contribution is -0.139. The zero-order chi connectivity index (χ0) is 13.0. The van der Waals surface area contributed by atoms with E-state index in [4.69, 9.17) is 5.73 Å². The Morgan fingerprint density at radius 3 is 2.72 bits per heavy atom. The fourth-order valence-corrected chi connectivity index (χ4v) is 3.58. The van der Waals surface area contributed by atoms with Gasteiger partial charge in [0.2, 0.25) is 5.91 Å². The molecule has 1 saturated carbocycles. The highest BCUT2D eigenvalue weighted by molar-refractivity contribution is 5.79. The van der Waals surface area contributed by atoms with Crippen LogP contribution >= 0.6 is 0 Å². The van der Waals surface area contributed by atoms with Crippen molar-refractivity contribution in [2.24, 2.45) is 11.7 Å². The standard InChI is InChI=1S/C15H28N2O/c1-2-14-9-4-3-5-10-17(14)15(18)12-7-6-8-13(16)11-12/h12-14H,2-11,16H2,1H3. The second kappa shape index (κ2) is 6.55. The van der Waals surface area contributed by atoms with Gasteiger partial charge in [-0.05, 0) is 38.5 Å². The Labute approximate surface area is 111 Å². The lowest BCUT2D eigenvalue weighted by atomic mass is 9.85. The van der Waals surface area contributed by atoms with Gasteiger partial charge in [-0.3, -0.25) is 4.79 Å². The van der Waals surface area contributed by atoms with Crippen molar-refractivity contribution < 1.29 is 4.79 Å². The molecular weight excluding hydrogens is 224 g/mol. The molecule has 0 aromatic heterocycles. The largest absolute Gasteiger partial charge is 0.339 e. The summed E-state index contributed by atoms with van der Waals surface area (Å²) in [5, 5.41) is 0. The Hall–Kier alpha value is -0.570. The first kappa shape index (κ1) is 13.9. The summed E-state index contributed by atoms with van der Waals surface area (Å²) in [7, 11) is 0. The van der Waals surface area contributed by atoms with Crippen LogP contribution in [0, 0.1) is 5.92 Å². The molecular formula is C15H28N2O. The number of likely N-dealkylation sites (tertiary alicyclic amines) is 1. The van der Waals surface area contributed by atoms with Crippen molar-refractivity contribution >= 4 is 5.91 Å². The van der Waals surface area contributed by atoms with E-state index in [0.717, 1.165) is 38.6 Å². The molecule has 0 spiro atoms. The molecule has 104 valence electrons. The summed E-state index contributed by atoms with van der Waals surface area (Å²) in [5.41, 5.74) is 6.02. The van der Waals surface area contributed by atoms with Crippen LogP contribution in [0.3, 0.4) is 0 Å². The average Bonchev–Trinajstić information content (AvgIpc) is 2.62. The minimum Gasteiger partial charge on any atom is -0.339 e. The van der Waals surface area contributed by atoms with Crippen molar-refractivity contribution in [3.05, 3.63) is 0 Å². The number of hydrogen-bond donors (Lipinski definition) is 1. The van der Waals surface area contributed by atoms with Crippen molar-refractivity contribution in [1.29, 1.82) is 0 Å². The van der Waals surface area contributed by atoms with Crippen molar-refractivity contribution in [1.82, 2.24) is 4.90 Å². The molecule has 2 aliphatic rings. The topological polar surface area (TPSA) is 46.3 Å². The van der Waals surface area contributed by atoms with Gasteiger partial charge >= 0.3 is 0 Å². The van der Waals surface area contributed by atoms with Crippen LogP contribution in [0.15, 0.2) is 0 Å². The van der Waals surface area contributed by atoms with Gasteiger partial charge in [0, 0.05) is 24.5 Å². The van der Waals surface area contributed by atoms with Gasteiger partial charge in [0.15, 0.2) is 0 Å². The summed E-state index contributed by atoms with van der Waals surface area (Å²) in [4.78, 5) is 14.9. The van der Waals surface area contributed by atoms with Crippen molar-refractivity contribution in [3.63, 3.8) is 0 Å². The van der Waals surface area contributed by atoms with E-state index in [1.165, 1.54) is 25.7 Å². The minimum atomic E-state index is 0.209. The number of rotatable bonds is 2. The SMILES string of the molecule is CCC1CCCCCN1C(=O)C1CCCC(N)C1. The molecule has 1 saturated heterocycles. The van der Waals surface area contributed by atoms with Crippen LogP contribution in [0.1, 0.15) is 64.7 Å². The van der Waals surface area contributed by atoms with Gasteiger partial charge in [-0.25, -0.2) is 0 Å². The Morgan fingerprint density at radius 2 is 2.00 bits per heavy atom. The molecule has 3 unspecified atom stereocenters. The Balaban J connectivity index is 2.00. The smallest absolute Gasteiger partial charge is 0.225 e. The highest BCUT2D eigenvalue weighted by Gasteiger charge is 2.32. The molecule has 0 aromatic rings. The molecule has 1 amide bonds. The molecule has 2 rings (SSSR count). The summed E-state index contributed by atoms with van der Waals surface area (Å²) >= 11 is 0. The van der Waals surface area contributed by atoms with E-state index in [1.54, 1.807) is 0 Å². The van der Waals surface area contributed by atoms with Gasteiger partial charge in [0.1, 0.15) is 0 Å².